The first-order chi connectivity index (χ1) is 12.2. The summed E-state index contributed by atoms with van der Waals surface area (Å²) in [5.74, 6) is 2.80. The van der Waals surface area contributed by atoms with E-state index in [-0.39, 0.29) is 0 Å². The second-order valence-corrected chi connectivity index (χ2v) is 8.54. The van der Waals surface area contributed by atoms with Crippen LogP contribution in [0.4, 0.5) is 0 Å². The molecule has 0 aromatic carbocycles. The van der Waals surface area contributed by atoms with Gasteiger partial charge in [0.25, 0.3) is 0 Å². The zero-order valence-electron chi connectivity index (χ0n) is 14.9. The number of nitrogens with one attached hydrogen (secondary N) is 1. The molecule has 3 heterocycles. The van der Waals surface area contributed by atoms with Crippen LogP contribution >= 0.6 is 23.1 Å². The highest BCUT2D eigenvalue weighted by Gasteiger charge is 2.25. The number of thiazole rings is 1. The van der Waals surface area contributed by atoms with Gasteiger partial charge >= 0.3 is 0 Å². The Morgan fingerprint density at radius 2 is 2.44 bits per heavy atom. The molecular formula is C17H26N6S2. The van der Waals surface area contributed by atoms with E-state index in [1.807, 2.05) is 48.3 Å². The zero-order chi connectivity index (χ0) is 17.5. The second kappa shape index (κ2) is 9.24. The smallest absolute Gasteiger partial charge is 0.193 e. The lowest BCUT2D eigenvalue weighted by Crippen LogP contribution is -2.40. The van der Waals surface area contributed by atoms with Gasteiger partial charge in [-0.1, -0.05) is 11.8 Å². The first-order valence-electron chi connectivity index (χ1n) is 8.70. The monoisotopic (exact) mass is 378 g/mol. The third kappa shape index (κ3) is 5.47. The summed E-state index contributed by atoms with van der Waals surface area (Å²) < 4.78 is 3.04. The molecule has 1 N–H and O–H groups in total. The van der Waals surface area contributed by atoms with Gasteiger partial charge in [-0.25, -0.2) is 4.98 Å². The SMILES string of the molecule is CN=C(NCCCSc1nccs1)N1CCC(Cc2cnn(C)c2)C1. The second-order valence-electron chi connectivity index (χ2n) is 6.30. The quantitative estimate of drug-likeness (QED) is 0.347. The third-order valence-electron chi connectivity index (χ3n) is 4.32. The van der Waals surface area contributed by atoms with Gasteiger partial charge in [0.05, 0.1) is 6.20 Å². The van der Waals surface area contributed by atoms with Crippen LogP contribution in [0.1, 0.15) is 18.4 Å². The van der Waals surface area contributed by atoms with E-state index < -0.39 is 0 Å². The first-order valence-corrected chi connectivity index (χ1v) is 10.6. The van der Waals surface area contributed by atoms with Gasteiger partial charge < -0.3 is 10.2 Å². The summed E-state index contributed by atoms with van der Waals surface area (Å²) in [5.41, 5.74) is 1.33. The number of likely N-dealkylation sites (tertiary alicyclic amines) is 1. The van der Waals surface area contributed by atoms with E-state index in [9.17, 15) is 0 Å². The number of hydrogen-bond donors (Lipinski definition) is 1. The van der Waals surface area contributed by atoms with Crippen LogP contribution in [-0.4, -0.2) is 58.1 Å². The third-order valence-corrected chi connectivity index (χ3v) is 6.37. The molecule has 0 amide bonds. The van der Waals surface area contributed by atoms with Gasteiger partial charge in [0.2, 0.25) is 0 Å². The first kappa shape index (κ1) is 18.3. The van der Waals surface area contributed by atoms with E-state index in [1.54, 1.807) is 11.3 Å². The maximum Gasteiger partial charge on any atom is 0.193 e. The lowest BCUT2D eigenvalue weighted by atomic mass is 10.0. The van der Waals surface area contributed by atoms with Crippen molar-refractivity contribution in [3.05, 3.63) is 29.5 Å². The van der Waals surface area contributed by atoms with Crippen molar-refractivity contribution in [3.63, 3.8) is 0 Å². The average molecular weight is 379 g/mol. The van der Waals surface area contributed by atoms with Crippen molar-refractivity contribution in [2.45, 2.75) is 23.6 Å². The molecule has 0 radical (unpaired) electrons. The summed E-state index contributed by atoms with van der Waals surface area (Å²) >= 11 is 3.54. The molecular weight excluding hydrogens is 352 g/mol. The van der Waals surface area contributed by atoms with Crippen LogP contribution in [-0.2, 0) is 13.5 Å². The van der Waals surface area contributed by atoms with Gasteiger partial charge in [0, 0.05) is 57.3 Å². The van der Waals surface area contributed by atoms with E-state index in [2.05, 4.69) is 31.5 Å². The van der Waals surface area contributed by atoms with Crippen LogP contribution in [0.2, 0.25) is 0 Å². The molecule has 0 bridgehead atoms. The highest BCUT2D eigenvalue weighted by molar-refractivity contribution is 8.00. The Labute approximate surface area is 157 Å². The minimum atomic E-state index is 0.684. The zero-order valence-corrected chi connectivity index (χ0v) is 16.5. The van der Waals surface area contributed by atoms with E-state index in [0.717, 1.165) is 48.5 Å². The summed E-state index contributed by atoms with van der Waals surface area (Å²) in [6.07, 6.45) is 9.39. The molecule has 2 aromatic heterocycles. The van der Waals surface area contributed by atoms with E-state index in [0.29, 0.717) is 5.92 Å². The number of hydrogen-bond acceptors (Lipinski definition) is 5. The highest BCUT2D eigenvalue weighted by atomic mass is 32.2. The molecule has 1 aliphatic heterocycles. The molecule has 3 rings (SSSR count). The van der Waals surface area contributed by atoms with Crippen molar-refractivity contribution >= 4 is 29.1 Å². The number of aromatic nitrogens is 3. The standard InChI is InChI=1S/C17H26N6S2/c1-18-16(19-5-3-8-24-17-20-6-9-25-17)23-7-4-14(13-23)10-15-11-21-22(2)12-15/h6,9,11-12,14H,3-5,7-8,10,13H2,1-2H3,(H,18,19). The Bertz CT molecular complexity index is 666. The molecule has 0 saturated carbocycles. The lowest BCUT2D eigenvalue weighted by Gasteiger charge is -2.21. The number of aryl methyl sites for hydroxylation is 1. The van der Waals surface area contributed by atoms with Gasteiger partial charge in [0.1, 0.15) is 4.34 Å². The summed E-state index contributed by atoms with van der Waals surface area (Å²) in [6, 6.07) is 0. The number of rotatable bonds is 7. The summed E-state index contributed by atoms with van der Waals surface area (Å²) in [6.45, 7) is 3.11. The van der Waals surface area contributed by atoms with E-state index in [4.69, 9.17) is 0 Å². The molecule has 0 aliphatic carbocycles. The predicted octanol–water partition coefficient (Wildman–Crippen LogP) is 2.50. The van der Waals surface area contributed by atoms with Crippen molar-refractivity contribution in [1.82, 2.24) is 25.0 Å². The van der Waals surface area contributed by atoms with Crippen LogP contribution in [0.3, 0.4) is 0 Å². The normalized spacial score (nSPS) is 18.1. The molecule has 0 spiro atoms. The Morgan fingerprint density at radius 3 is 3.16 bits per heavy atom. The maximum absolute atomic E-state index is 4.46. The molecule has 1 aliphatic rings. The molecule has 1 atom stereocenters. The molecule has 25 heavy (non-hydrogen) atoms. The predicted molar refractivity (Wildman–Crippen MR) is 105 cm³/mol. The fourth-order valence-electron chi connectivity index (χ4n) is 3.15. The van der Waals surface area contributed by atoms with Crippen molar-refractivity contribution in [1.29, 1.82) is 0 Å². The lowest BCUT2D eigenvalue weighted by molar-refractivity contribution is 0.460. The Morgan fingerprint density at radius 1 is 1.52 bits per heavy atom. The van der Waals surface area contributed by atoms with Gasteiger partial charge in [-0.05, 0) is 30.7 Å². The molecule has 1 saturated heterocycles. The van der Waals surface area contributed by atoms with Crippen molar-refractivity contribution in [2.24, 2.45) is 18.0 Å². The van der Waals surface area contributed by atoms with Gasteiger partial charge in [-0.2, -0.15) is 5.10 Å². The van der Waals surface area contributed by atoms with E-state index >= 15 is 0 Å². The molecule has 1 fully saturated rings. The molecule has 8 heteroatoms. The topological polar surface area (TPSA) is 58.3 Å². The van der Waals surface area contributed by atoms with Gasteiger partial charge in [0.15, 0.2) is 5.96 Å². The minimum absolute atomic E-state index is 0.684. The highest BCUT2D eigenvalue weighted by Crippen LogP contribution is 2.21. The van der Waals surface area contributed by atoms with Crippen LogP contribution in [0.25, 0.3) is 0 Å². The van der Waals surface area contributed by atoms with Crippen LogP contribution in [0, 0.1) is 5.92 Å². The Kier molecular flexibility index (Phi) is 6.75. The fraction of sp³-hybridized carbons (Fsp3) is 0.588. The number of thioether (sulfide) groups is 1. The van der Waals surface area contributed by atoms with Crippen molar-refractivity contribution in [2.75, 3.05) is 32.4 Å². The number of nitrogens with zero attached hydrogens (tertiary/aromatic N) is 5. The number of aliphatic imine (C=N–C) groups is 1. The average Bonchev–Trinajstić information content (AvgIpc) is 3.34. The van der Waals surface area contributed by atoms with Crippen LogP contribution in [0.5, 0.6) is 0 Å². The summed E-state index contributed by atoms with van der Waals surface area (Å²) in [4.78, 5) is 11.1. The Balaban J connectivity index is 1.36. The molecule has 136 valence electrons. The van der Waals surface area contributed by atoms with Gasteiger partial charge in [-0.15, -0.1) is 11.3 Å². The summed E-state index contributed by atoms with van der Waals surface area (Å²) in [7, 11) is 3.85. The summed E-state index contributed by atoms with van der Waals surface area (Å²) in [5, 5.41) is 9.80. The largest absolute Gasteiger partial charge is 0.356 e. The van der Waals surface area contributed by atoms with Crippen LogP contribution in [0.15, 0.2) is 33.3 Å². The van der Waals surface area contributed by atoms with Gasteiger partial charge in [-0.3, -0.25) is 9.67 Å². The maximum atomic E-state index is 4.46. The van der Waals surface area contributed by atoms with Crippen molar-refractivity contribution < 1.29 is 0 Å². The fourth-order valence-corrected chi connectivity index (χ4v) is 4.80. The molecule has 6 nitrogen and oxygen atoms in total. The molecule has 2 aromatic rings. The molecule has 1 unspecified atom stereocenters. The number of guanidine groups is 1. The van der Waals surface area contributed by atoms with Crippen LogP contribution < -0.4 is 5.32 Å². The van der Waals surface area contributed by atoms with Crippen molar-refractivity contribution in [3.8, 4) is 0 Å². The minimum Gasteiger partial charge on any atom is -0.356 e. The Hall–Kier alpha value is -1.54. The van der Waals surface area contributed by atoms with E-state index in [1.165, 1.54) is 12.0 Å².